The van der Waals surface area contributed by atoms with Crippen molar-refractivity contribution in [3.8, 4) is 5.75 Å². The van der Waals surface area contributed by atoms with Gasteiger partial charge in [0.05, 0.1) is 5.56 Å². The highest BCUT2D eigenvalue weighted by molar-refractivity contribution is 6.06. The minimum absolute atomic E-state index is 0.0935. The molecule has 0 atom stereocenters. The van der Waals surface area contributed by atoms with Crippen molar-refractivity contribution in [1.82, 2.24) is 5.32 Å². The number of anilines is 1. The number of phenols is 1. The van der Waals surface area contributed by atoms with Gasteiger partial charge in [0, 0.05) is 12.2 Å². The minimum atomic E-state index is -0.572. The highest BCUT2D eigenvalue weighted by atomic mass is 19.1. The van der Waals surface area contributed by atoms with E-state index < -0.39 is 11.7 Å². The number of benzene rings is 2. The Hall–Kier alpha value is -2.40. The number of phenolic OH excluding ortho intramolecular Hbond substituents is 1. The van der Waals surface area contributed by atoms with E-state index in [-0.39, 0.29) is 11.3 Å². The molecule has 0 aliphatic carbocycles. The number of aromatic hydroxyl groups is 1. The number of carbonyl (C=O) groups is 1. The van der Waals surface area contributed by atoms with Gasteiger partial charge in [-0.25, -0.2) is 4.39 Å². The van der Waals surface area contributed by atoms with Crippen LogP contribution in [0.5, 0.6) is 5.75 Å². The molecule has 0 aromatic heterocycles. The Morgan fingerprint density at radius 1 is 1.25 bits per heavy atom. The molecule has 2 rings (SSSR count). The second-order valence-electron chi connectivity index (χ2n) is 4.35. The number of nitrogens with one attached hydrogen (secondary N) is 2. The summed E-state index contributed by atoms with van der Waals surface area (Å²) in [7, 11) is 1.83. The molecule has 20 heavy (non-hydrogen) atoms. The third-order valence-electron chi connectivity index (χ3n) is 2.77. The fraction of sp³-hybridized carbons (Fsp3) is 0.133. The summed E-state index contributed by atoms with van der Waals surface area (Å²) in [5.41, 5.74) is 1.50. The van der Waals surface area contributed by atoms with Gasteiger partial charge in [0.15, 0.2) is 0 Å². The van der Waals surface area contributed by atoms with Gasteiger partial charge in [-0.3, -0.25) is 4.79 Å². The molecule has 4 nitrogen and oxygen atoms in total. The standard InChI is InChI=1S/C15H15FN2O2/c1-17-9-10-3-2-4-12(7-10)18-15(20)13-8-11(16)5-6-14(13)19/h2-8,17,19H,9H2,1H3,(H,18,20). The molecule has 5 heteroatoms. The molecular formula is C15H15FN2O2. The van der Waals surface area contributed by atoms with Crippen molar-refractivity contribution in [2.45, 2.75) is 6.54 Å². The van der Waals surface area contributed by atoms with E-state index in [0.29, 0.717) is 12.2 Å². The van der Waals surface area contributed by atoms with Crippen LogP contribution in [-0.2, 0) is 6.54 Å². The van der Waals surface area contributed by atoms with Crippen molar-refractivity contribution >= 4 is 11.6 Å². The molecule has 104 valence electrons. The first-order valence-electron chi connectivity index (χ1n) is 6.13. The second-order valence-corrected chi connectivity index (χ2v) is 4.35. The van der Waals surface area contributed by atoms with Crippen molar-refractivity contribution in [3.05, 3.63) is 59.4 Å². The smallest absolute Gasteiger partial charge is 0.259 e. The van der Waals surface area contributed by atoms with Crippen LogP contribution in [0.25, 0.3) is 0 Å². The zero-order valence-electron chi connectivity index (χ0n) is 11.0. The summed E-state index contributed by atoms with van der Waals surface area (Å²) < 4.78 is 13.1. The predicted molar refractivity (Wildman–Crippen MR) is 75.2 cm³/mol. The summed E-state index contributed by atoms with van der Waals surface area (Å²) in [6.45, 7) is 0.676. The van der Waals surface area contributed by atoms with Crippen LogP contribution < -0.4 is 10.6 Å². The van der Waals surface area contributed by atoms with Gasteiger partial charge in [0.1, 0.15) is 11.6 Å². The molecule has 3 N–H and O–H groups in total. The highest BCUT2D eigenvalue weighted by Gasteiger charge is 2.12. The second kappa shape index (κ2) is 6.16. The van der Waals surface area contributed by atoms with Crippen LogP contribution in [0, 0.1) is 5.82 Å². The Bertz CT molecular complexity index is 629. The SMILES string of the molecule is CNCc1cccc(NC(=O)c2cc(F)ccc2O)c1. The summed E-state index contributed by atoms with van der Waals surface area (Å²) in [5.74, 6) is -1.38. The monoisotopic (exact) mass is 274 g/mol. The Kier molecular flexibility index (Phi) is 4.32. The molecule has 0 saturated carbocycles. The minimum Gasteiger partial charge on any atom is -0.507 e. The Balaban J connectivity index is 2.19. The summed E-state index contributed by atoms with van der Waals surface area (Å²) in [4.78, 5) is 12.0. The van der Waals surface area contributed by atoms with Crippen molar-refractivity contribution in [2.24, 2.45) is 0 Å². The summed E-state index contributed by atoms with van der Waals surface area (Å²) in [5, 5.41) is 15.2. The maximum absolute atomic E-state index is 13.1. The maximum atomic E-state index is 13.1. The fourth-order valence-electron chi connectivity index (χ4n) is 1.85. The molecule has 2 aromatic carbocycles. The largest absolute Gasteiger partial charge is 0.507 e. The summed E-state index contributed by atoms with van der Waals surface area (Å²) in [6.07, 6.45) is 0. The van der Waals surface area contributed by atoms with Gasteiger partial charge in [-0.15, -0.1) is 0 Å². The van der Waals surface area contributed by atoms with Crippen molar-refractivity contribution in [2.75, 3.05) is 12.4 Å². The third kappa shape index (κ3) is 3.33. The number of hydrogen-bond donors (Lipinski definition) is 3. The lowest BCUT2D eigenvalue weighted by molar-refractivity contribution is 0.102. The van der Waals surface area contributed by atoms with Gasteiger partial charge in [0.2, 0.25) is 0 Å². The predicted octanol–water partition coefficient (Wildman–Crippen LogP) is 2.50. The number of rotatable bonds is 4. The van der Waals surface area contributed by atoms with E-state index in [4.69, 9.17) is 0 Å². The maximum Gasteiger partial charge on any atom is 0.259 e. The number of carbonyl (C=O) groups excluding carboxylic acids is 1. The first kappa shape index (κ1) is 14.0. The van der Waals surface area contributed by atoms with Gasteiger partial charge < -0.3 is 15.7 Å². The molecule has 0 unspecified atom stereocenters. The topological polar surface area (TPSA) is 61.4 Å². The number of hydrogen-bond acceptors (Lipinski definition) is 3. The Morgan fingerprint density at radius 3 is 2.80 bits per heavy atom. The third-order valence-corrected chi connectivity index (χ3v) is 2.77. The Labute approximate surface area is 116 Å². The summed E-state index contributed by atoms with van der Waals surface area (Å²) >= 11 is 0. The fourth-order valence-corrected chi connectivity index (χ4v) is 1.85. The average molecular weight is 274 g/mol. The molecule has 2 aromatic rings. The Morgan fingerprint density at radius 2 is 2.05 bits per heavy atom. The molecule has 0 bridgehead atoms. The lowest BCUT2D eigenvalue weighted by Crippen LogP contribution is -2.13. The van der Waals surface area contributed by atoms with Crippen LogP contribution in [0.15, 0.2) is 42.5 Å². The van der Waals surface area contributed by atoms with Gasteiger partial charge in [-0.2, -0.15) is 0 Å². The van der Waals surface area contributed by atoms with Crippen molar-refractivity contribution in [3.63, 3.8) is 0 Å². The molecule has 0 spiro atoms. The van der Waals surface area contributed by atoms with Crippen LogP contribution in [0.1, 0.15) is 15.9 Å². The van der Waals surface area contributed by atoms with Crippen LogP contribution in [-0.4, -0.2) is 18.1 Å². The van der Waals surface area contributed by atoms with Gasteiger partial charge in [-0.05, 0) is 42.9 Å². The normalized spacial score (nSPS) is 10.3. The molecular weight excluding hydrogens is 259 g/mol. The van der Waals surface area contributed by atoms with Crippen LogP contribution in [0.2, 0.25) is 0 Å². The van der Waals surface area contributed by atoms with Crippen molar-refractivity contribution < 1.29 is 14.3 Å². The number of amides is 1. The van der Waals surface area contributed by atoms with E-state index in [9.17, 15) is 14.3 Å². The van der Waals surface area contributed by atoms with E-state index >= 15 is 0 Å². The molecule has 0 radical (unpaired) electrons. The van der Waals surface area contributed by atoms with Crippen LogP contribution in [0.3, 0.4) is 0 Å². The lowest BCUT2D eigenvalue weighted by atomic mass is 10.1. The van der Waals surface area contributed by atoms with Gasteiger partial charge in [-0.1, -0.05) is 12.1 Å². The molecule has 0 saturated heterocycles. The quantitative estimate of drug-likeness (QED) is 0.802. The zero-order valence-corrected chi connectivity index (χ0v) is 11.0. The van der Waals surface area contributed by atoms with E-state index in [1.165, 1.54) is 0 Å². The van der Waals surface area contributed by atoms with E-state index in [1.54, 1.807) is 6.07 Å². The zero-order chi connectivity index (χ0) is 14.5. The molecule has 0 aliphatic heterocycles. The van der Waals surface area contributed by atoms with Gasteiger partial charge in [0.25, 0.3) is 5.91 Å². The lowest BCUT2D eigenvalue weighted by Gasteiger charge is -2.08. The van der Waals surface area contributed by atoms with E-state index in [0.717, 1.165) is 23.8 Å². The first-order chi connectivity index (χ1) is 9.60. The van der Waals surface area contributed by atoms with E-state index in [2.05, 4.69) is 10.6 Å². The molecule has 0 heterocycles. The molecule has 0 fully saturated rings. The number of halogens is 1. The highest BCUT2D eigenvalue weighted by Crippen LogP contribution is 2.20. The first-order valence-corrected chi connectivity index (χ1v) is 6.13. The molecule has 1 amide bonds. The van der Waals surface area contributed by atoms with Crippen LogP contribution in [0.4, 0.5) is 10.1 Å². The van der Waals surface area contributed by atoms with Crippen molar-refractivity contribution in [1.29, 1.82) is 0 Å². The average Bonchev–Trinajstić information content (AvgIpc) is 2.42. The van der Waals surface area contributed by atoms with Crippen LogP contribution >= 0.6 is 0 Å². The molecule has 0 aliphatic rings. The van der Waals surface area contributed by atoms with E-state index in [1.807, 2.05) is 25.2 Å². The van der Waals surface area contributed by atoms with Gasteiger partial charge >= 0.3 is 0 Å². The summed E-state index contributed by atoms with van der Waals surface area (Å²) in [6, 6.07) is 10.5.